The van der Waals surface area contributed by atoms with Crippen LogP contribution in [0.2, 0.25) is 0 Å². The van der Waals surface area contributed by atoms with Crippen LogP contribution in [0.15, 0.2) is 265 Å². The van der Waals surface area contributed by atoms with E-state index in [4.69, 9.17) is 4.42 Å². The smallest absolute Gasteiger partial charge is 0.143 e. The predicted molar refractivity (Wildman–Crippen MR) is 279 cm³/mol. The van der Waals surface area contributed by atoms with Crippen molar-refractivity contribution in [2.75, 3.05) is 4.90 Å². The van der Waals surface area contributed by atoms with E-state index >= 15 is 0 Å². The molecule has 0 radical (unpaired) electrons. The number of furan rings is 1. The van der Waals surface area contributed by atoms with E-state index in [2.05, 4.69) is 254 Å². The quantitative estimate of drug-likeness (QED) is 0.135. The molecule has 1 heterocycles. The zero-order valence-electron chi connectivity index (χ0n) is 36.2. The van der Waals surface area contributed by atoms with Gasteiger partial charge in [-0.2, -0.15) is 0 Å². The Kier molecular flexibility index (Phi) is 9.89. The number of fused-ring (bicyclic) bond motifs is 4. The van der Waals surface area contributed by atoms with E-state index in [-0.39, 0.29) is 0 Å². The normalized spacial score (nSPS) is 11.3. The summed E-state index contributed by atoms with van der Waals surface area (Å²) in [6.45, 7) is 0. The molecule has 0 N–H and O–H groups in total. The molecule has 2 heteroatoms. The molecule has 0 amide bonds. The Hall–Kier alpha value is -8.72. The van der Waals surface area contributed by atoms with Crippen molar-refractivity contribution in [1.29, 1.82) is 0 Å². The van der Waals surface area contributed by atoms with Gasteiger partial charge in [-0.15, -0.1) is 0 Å². The molecular weight excluding hydrogens is 799 g/mol. The second kappa shape index (κ2) is 16.8. The molecule has 0 aliphatic heterocycles. The summed E-state index contributed by atoms with van der Waals surface area (Å²) in [7, 11) is 0. The molecule has 0 bridgehead atoms. The molecule has 0 aliphatic carbocycles. The van der Waals surface area contributed by atoms with Crippen LogP contribution in [0, 0.1) is 0 Å². The molecule has 1 aromatic heterocycles. The summed E-state index contributed by atoms with van der Waals surface area (Å²) >= 11 is 0. The van der Waals surface area contributed by atoms with Crippen LogP contribution in [0.25, 0.3) is 99.5 Å². The fourth-order valence-corrected chi connectivity index (χ4v) is 9.68. The van der Waals surface area contributed by atoms with E-state index in [0.29, 0.717) is 0 Å². The van der Waals surface area contributed by atoms with E-state index in [9.17, 15) is 0 Å². The molecule has 0 aliphatic rings. The molecule has 11 aromatic carbocycles. The summed E-state index contributed by atoms with van der Waals surface area (Å²) in [5.74, 6) is 0.885. The number of anilines is 3. The summed E-state index contributed by atoms with van der Waals surface area (Å²) in [4.78, 5) is 2.41. The Morgan fingerprint density at radius 3 is 1.39 bits per heavy atom. The lowest BCUT2D eigenvalue weighted by molar-refractivity contribution is 0.632. The third-order valence-electron chi connectivity index (χ3n) is 12.9. The van der Waals surface area contributed by atoms with Crippen LogP contribution in [-0.4, -0.2) is 0 Å². The molecule has 0 unspecified atom stereocenters. The first kappa shape index (κ1) is 38.9. The van der Waals surface area contributed by atoms with Crippen LogP contribution in [0.5, 0.6) is 0 Å². The monoisotopic (exact) mass is 841 g/mol. The Bertz CT molecular complexity index is 3660. The van der Waals surface area contributed by atoms with Gasteiger partial charge in [0.15, 0.2) is 0 Å². The topological polar surface area (TPSA) is 16.4 Å². The van der Waals surface area contributed by atoms with E-state index < -0.39 is 0 Å². The van der Waals surface area contributed by atoms with Gasteiger partial charge >= 0.3 is 0 Å². The summed E-state index contributed by atoms with van der Waals surface area (Å²) in [5.41, 5.74) is 17.0. The fourth-order valence-electron chi connectivity index (χ4n) is 9.68. The molecule has 0 saturated carbocycles. The van der Waals surface area contributed by atoms with Gasteiger partial charge in [-0.1, -0.05) is 218 Å². The minimum absolute atomic E-state index is 0.885. The number of hydrogen-bond donors (Lipinski definition) is 0. The number of para-hydroxylation sites is 1. The maximum atomic E-state index is 6.57. The Balaban J connectivity index is 0.895. The van der Waals surface area contributed by atoms with Gasteiger partial charge in [0.25, 0.3) is 0 Å². The Morgan fingerprint density at radius 2 is 0.727 bits per heavy atom. The van der Waals surface area contributed by atoms with E-state index in [0.717, 1.165) is 72.7 Å². The van der Waals surface area contributed by atoms with Crippen molar-refractivity contribution in [2.45, 2.75) is 0 Å². The Morgan fingerprint density at radius 1 is 0.273 bits per heavy atom. The fraction of sp³-hybridized carbons (Fsp3) is 0. The molecule has 0 fully saturated rings. The van der Waals surface area contributed by atoms with Crippen molar-refractivity contribution in [1.82, 2.24) is 0 Å². The minimum Gasteiger partial charge on any atom is -0.455 e. The lowest BCUT2D eigenvalue weighted by Crippen LogP contribution is -2.10. The van der Waals surface area contributed by atoms with Gasteiger partial charge in [-0.05, 0) is 109 Å². The highest BCUT2D eigenvalue weighted by Gasteiger charge is 2.20. The van der Waals surface area contributed by atoms with Crippen LogP contribution >= 0.6 is 0 Å². The van der Waals surface area contributed by atoms with Crippen LogP contribution in [0.4, 0.5) is 17.1 Å². The number of hydrogen-bond acceptors (Lipinski definition) is 2. The molecule has 12 aromatic rings. The van der Waals surface area contributed by atoms with Gasteiger partial charge in [-0.3, -0.25) is 0 Å². The van der Waals surface area contributed by atoms with Crippen LogP contribution in [-0.2, 0) is 0 Å². The van der Waals surface area contributed by atoms with Gasteiger partial charge in [0.2, 0.25) is 0 Å². The first-order valence-corrected chi connectivity index (χ1v) is 22.6. The van der Waals surface area contributed by atoms with E-state index in [1.54, 1.807) is 0 Å². The molecule has 2 nitrogen and oxygen atoms in total. The van der Waals surface area contributed by atoms with Crippen molar-refractivity contribution >= 4 is 49.6 Å². The first-order chi connectivity index (χ1) is 32.7. The van der Waals surface area contributed by atoms with Crippen molar-refractivity contribution in [3.8, 4) is 67.0 Å². The predicted octanol–water partition coefficient (Wildman–Crippen LogP) is 18.2. The molecule has 12 rings (SSSR count). The zero-order valence-corrected chi connectivity index (χ0v) is 36.2. The molecular formula is C64H43NO. The maximum absolute atomic E-state index is 6.57. The van der Waals surface area contributed by atoms with Crippen LogP contribution in [0.1, 0.15) is 0 Å². The molecule has 0 atom stereocenters. The SMILES string of the molecule is c1ccc(-c2ccccc2-c2ccc(N(c3ccc(-c4ccc(-c5cccc(-c6oc7ccccc7c6-c6ccccc6)c5)cc4)cc3)c3cc4ccccc4c4ccccc34)cc2)cc1. The molecule has 310 valence electrons. The molecule has 0 spiro atoms. The summed E-state index contributed by atoms with van der Waals surface area (Å²) < 4.78 is 6.57. The average Bonchev–Trinajstić information content (AvgIpc) is 3.80. The summed E-state index contributed by atoms with van der Waals surface area (Å²) in [6.07, 6.45) is 0. The third kappa shape index (κ3) is 7.12. The zero-order chi connectivity index (χ0) is 43.8. The van der Waals surface area contributed by atoms with Gasteiger partial charge in [0.05, 0.1) is 5.69 Å². The maximum Gasteiger partial charge on any atom is 0.143 e. The average molecular weight is 842 g/mol. The van der Waals surface area contributed by atoms with Crippen molar-refractivity contribution < 1.29 is 4.42 Å². The highest BCUT2D eigenvalue weighted by Crippen LogP contribution is 2.45. The minimum atomic E-state index is 0.885. The second-order valence-electron chi connectivity index (χ2n) is 16.8. The van der Waals surface area contributed by atoms with Gasteiger partial charge in [0.1, 0.15) is 11.3 Å². The molecule has 66 heavy (non-hydrogen) atoms. The first-order valence-electron chi connectivity index (χ1n) is 22.6. The van der Waals surface area contributed by atoms with Gasteiger partial charge < -0.3 is 9.32 Å². The number of rotatable bonds is 9. The Labute approximate surface area is 384 Å². The highest BCUT2D eigenvalue weighted by molar-refractivity contribution is 6.14. The van der Waals surface area contributed by atoms with Gasteiger partial charge in [-0.25, -0.2) is 0 Å². The summed E-state index contributed by atoms with van der Waals surface area (Å²) in [5, 5.41) is 6.02. The lowest BCUT2D eigenvalue weighted by Gasteiger charge is -2.28. The van der Waals surface area contributed by atoms with Gasteiger partial charge in [0, 0.05) is 33.3 Å². The van der Waals surface area contributed by atoms with E-state index in [1.165, 1.54) is 43.8 Å². The van der Waals surface area contributed by atoms with E-state index in [1.807, 2.05) is 12.1 Å². The van der Waals surface area contributed by atoms with Crippen LogP contribution < -0.4 is 4.90 Å². The van der Waals surface area contributed by atoms with Crippen LogP contribution in [0.3, 0.4) is 0 Å². The largest absolute Gasteiger partial charge is 0.455 e. The standard InChI is InChI=1S/C64H43NO/c1-3-16-47(17-4-1)55-23-9-10-24-56(55)48-36-40-54(41-37-48)65(61-43-51-20-7-8-25-57(51)58-26-11-12-27-59(58)61)53-38-34-45(35-39-53)44-30-32-46(33-31-44)50-21-15-22-52(42-50)64-63(49-18-5-2-6-19-49)60-28-13-14-29-62(60)66-64/h1-43H. The highest BCUT2D eigenvalue weighted by atomic mass is 16.3. The van der Waals surface area contributed by atoms with Crippen molar-refractivity contribution in [2.24, 2.45) is 0 Å². The number of benzene rings is 11. The third-order valence-corrected chi connectivity index (χ3v) is 12.9. The van der Waals surface area contributed by atoms with Crippen molar-refractivity contribution in [3.63, 3.8) is 0 Å². The second-order valence-corrected chi connectivity index (χ2v) is 16.8. The summed E-state index contributed by atoms with van der Waals surface area (Å²) in [6, 6.07) is 93.7. The lowest BCUT2D eigenvalue weighted by atomic mass is 9.94. The van der Waals surface area contributed by atoms with Crippen molar-refractivity contribution in [3.05, 3.63) is 261 Å². The molecule has 0 saturated heterocycles. The number of nitrogens with zero attached hydrogens (tertiary/aromatic N) is 1.